The molecule has 172 valence electrons. The minimum atomic E-state index is 0.300. The smallest absolute Gasteiger partial charge is 0.193 e. The number of para-hydroxylation sites is 1. The van der Waals surface area contributed by atoms with E-state index in [0.717, 1.165) is 81.8 Å². The molecular formula is C24H38N4O3. The molecule has 1 unspecified atom stereocenters. The Morgan fingerprint density at radius 2 is 1.97 bits per heavy atom. The second-order valence-electron chi connectivity index (χ2n) is 8.89. The van der Waals surface area contributed by atoms with Gasteiger partial charge in [-0.1, -0.05) is 12.1 Å². The van der Waals surface area contributed by atoms with Crippen LogP contribution in [0.5, 0.6) is 11.5 Å². The third kappa shape index (κ3) is 5.83. The number of guanidine groups is 1. The number of hydrogen-bond donors (Lipinski definition) is 1. The van der Waals surface area contributed by atoms with Crippen LogP contribution in [0.1, 0.15) is 37.7 Å². The van der Waals surface area contributed by atoms with Gasteiger partial charge in [-0.05, 0) is 44.1 Å². The van der Waals surface area contributed by atoms with E-state index in [9.17, 15) is 0 Å². The van der Waals surface area contributed by atoms with Gasteiger partial charge < -0.3 is 24.4 Å². The van der Waals surface area contributed by atoms with Crippen molar-refractivity contribution in [2.24, 2.45) is 10.9 Å². The van der Waals surface area contributed by atoms with E-state index in [-0.39, 0.29) is 0 Å². The van der Waals surface area contributed by atoms with Gasteiger partial charge in [-0.15, -0.1) is 0 Å². The van der Waals surface area contributed by atoms with E-state index in [0.29, 0.717) is 18.6 Å². The highest BCUT2D eigenvalue weighted by molar-refractivity contribution is 5.80. The number of aliphatic imine (C=N–C) groups is 1. The monoisotopic (exact) mass is 430 g/mol. The van der Waals surface area contributed by atoms with Crippen LogP contribution in [0.4, 0.5) is 0 Å². The number of nitrogens with zero attached hydrogens (tertiary/aromatic N) is 3. The lowest BCUT2D eigenvalue weighted by Crippen LogP contribution is -2.42. The van der Waals surface area contributed by atoms with Gasteiger partial charge in [-0.2, -0.15) is 0 Å². The van der Waals surface area contributed by atoms with Crippen molar-refractivity contribution in [3.63, 3.8) is 0 Å². The Balaban J connectivity index is 1.34. The Kier molecular flexibility index (Phi) is 7.92. The first-order chi connectivity index (χ1) is 15.3. The summed E-state index contributed by atoms with van der Waals surface area (Å²) in [4.78, 5) is 9.50. The molecule has 1 aromatic carbocycles. The van der Waals surface area contributed by atoms with Gasteiger partial charge in [0.25, 0.3) is 0 Å². The molecule has 1 saturated carbocycles. The maximum atomic E-state index is 6.39. The summed E-state index contributed by atoms with van der Waals surface area (Å²) in [6, 6.07) is 6.14. The van der Waals surface area contributed by atoms with Gasteiger partial charge in [0.15, 0.2) is 17.5 Å². The lowest BCUT2D eigenvalue weighted by Gasteiger charge is -2.29. The molecule has 0 bridgehead atoms. The number of rotatable bonds is 7. The van der Waals surface area contributed by atoms with E-state index in [2.05, 4.69) is 26.2 Å². The Morgan fingerprint density at radius 3 is 2.71 bits per heavy atom. The molecule has 4 rings (SSSR count). The Morgan fingerprint density at radius 1 is 1.16 bits per heavy atom. The van der Waals surface area contributed by atoms with Gasteiger partial charge in [0.2, 0.25) is 0 Å². The van der Waals surface area contributed by atoms with E-state index >= 15 is 0 Å². The zero-order chi connectivity index (χ0) is 21.5. The minimum absolute atomic E-state index is 0.300. The molecule has 3 aliphatic rings. The Hall–Kier alpha value is -1.99. The highest BCUT2D eigenvalue weighted by Crippen LogP contribution is 2.35. The number of likely N-dealkylation sites (tertiary alicyclic amines) is 1. The van der Waals surface area contributed by atoms with Crippen molar-refractivity contribution < 1.29 is 14.2 Å². The molecule has 2 heterocycles. The van der Waals surface area contributed by atoms with Crippen LogP contribution >= 0.6 is 0 Å². The lowest BCUT2D eigenvalue weighted by atomic mass is 10.1. The van der Waals surface area contributed by atoms with Crippen molar-refractivity contribution in [3.05, 3.63) is 23.8 Å². The van der Waals surface area contributed by atoms with Crippen LogP contribution in [-0.4, -0.2) is 82.0 Å². The predicted octanol–water partition coefficient (Wildman–Crippen LogP) is 2.75. The standard InChI is InChI=1S/C24H38N4O3/c1-25-24(28-11-10-19(18-28)17-27-12-14-30-15-13-27)26-16-20-6-5-9-22(29-2)23(20)31-21-7-3-4-8-21/h5-6,9,19,21H,3-4,7-8,10-18H2,1-2H3,(H,25,26). The average molecular weight is 431 g/mol. The van der Waals surface area contributed by atoms with Crippen LogP contribution < -0.4 is 14.8 Å². The van der Waals surface area contributed by atoms with Crippen molar-refractivity contribution in [2.75, 3.05) is 60.1 Å². The van der Waals surface area contributed by atoms with Gasteiger partial charge in [0.05, 0.1) is 26.4 Å². The Labute approximate surface area is 186 Å². The third-order valence-corrected chi connectivity index (χ3v) is 6.72. The molecule has 0 amide bonds. The summed E-state index contributed by atoms with van der Waals surface area (Å²) >= 11 is 0. The van der Waals surface area contributed by atoms with Crippen molar-refractivity contribution in [3.8, 4) is 11.5 Å². The van der Waals surface area contributed by atoms with E-state index < -0.39 is 0 Å². The summed E-state index contributed by atoms with van der Waals surface area (Å²) in [5.74, 6) is 3.35. The van der Waals surface area contributed by atoms with Crippen molar-refractivity contribution in [1.82, 2.24) is 15.1 Å². The normalized spacial score (nSPS) is 23.4. The minimum Gasteiger partial charge on any atom is -0.493 e. The van der Waals surface area contributed by atoms with E-state index in [1.54, 1.807) is 7.11 Å². The zero-order valence-corrected chi connectivity index (χ0v) is 19.1. The second kappa shape index (κ2) is 11.0. The molecule has 7 nitrogen and oxygen atoms in total. The van der Waals surface area contributed by atoms with Gasteiger partial charge in [0, 0.05) is 51.9 Å². The molecular weight excluding hydrogens is 392 g/mol. The number of benzene rings is 1. The van der Waals surface area contributed by atoms with Crippen LogP contribution in [0.2, 0.25) is 0 Å². The molecule has 2 saturated heterocycles. The summed E-state index contributed by atoms with van der Waals surface area (Å²) in [6.45, 7) is 7.80. The van der Waals surface area contributed by atoms with Gasteiger partial charge in [-0.25, -0.2) is 0 Å². The molecule has 1 atom stereocenters. The highest BCUT2D eigenvalue weighted by Gasteiger charge is 2.27. The maximum absolute atomic E-state index is 6.39. The molecule has 7 heteroatoms. The molecule has 1 aromatic rings. The fourth-order valence-electron chi connectivity index (χ4n) is 5.00. The van der Waals surface area contributed by atoms with Gasteiger partial charge in [0.1, 0.15) is 0 Å². The molecule has 2 aliphatic heterocycles. The number of morpholine rings is 1. The first kappa shape index (κ1) is 22.2. The summed E-state index contributed by atoms with van der Waals surface area (Å²) in [7, 11) is 3.59. The van der Waals surface area contributed by atoms with Gasteiger partial charge >= 0.3 is 0 Å². The van der Waals surface area contributed by atoms with Crippen molar-refractivity contribution in [2.45, 2.75) is 44.8 Å². The summed E-state index contributed by atoms with van der Waals surface area (Å²) < 4.78 is 17.5. The highest BCUT2D eigenvalue weighted by atomic mass is 16.5. The number of methoxy groups -OCH3 is 1. The van der Waals surface area contributed by atoms with Crippen LogP contribution in [0.3, 0.4) is 0 Å². The van der Waals surface area contributed by atoms with Crippen LogP contribution in [0, 0.1) is 5.92 Å². The average Bonchev–Trinajstić information content (AvgIpc) is 3.48. The van der Waals surface area contributed by atoms with Crippen LogP contribution in [-0.2, 0) is 11.3 Å². The van der Waals surface area contributed by atoms with E-state index in [1.165, 1.54) is 19.3 Å². The second-order valence-corrected chi connectivity index (χ2v) is 8.89. The summed E-state index contributed by atoms with van der Waals surface area (Å²) in [5.41, 5.74) is 1.12. The first-order valence-corrected chi connectivity index (χ1v) is 11.8. The molecule has 1 aliphatic carbocycles. The molecule has 3 fully saturated rings. The van der Waals surface area contributed by atoms with Crippen LogP contribution in [0.15, 0.2) is 23.2 Å². The summed E-state index contributed by atoms with van der Waals surface area (Å²) in [5, 5.41) is 3.58. The van der Waals surface area contributed by atoms with Gasteiger partial charge in [-0.3, -0.25) is 9.89 Å². The third-order valence-electron chi connectivity index (χ3n) is 6.72. The van der Waals surface area contributed by atoms with E-state index in [4.69, 9.17) is 14.2 Å². The number of nitrogens with one attached hydrogen (secondary N) is 1. The lowest BCUT2D eigenvalue weighted by molar-refractivity contribution is 0.0315. The fraction of sp³-hybridized carbons (Fsp3) is 0.708. The largest absolute Gasteiger partial charge is 0.493 e. The van der Waals surface area contributed by atoms with Crippen molar-refractivity contribution in [1.29, 1.82) is 0 Å². The fourth-order valence-corrected chi connectivity index (χ4v) is 5.00. The number of ether oxygens (including phenoxy) is 3. The summed E-state index contributed by atoms with van der Waals surface area (Å²) in [6.07, 6.45) is 6.28. The first-order valence-electron chi connectivity index (χ1n) is 11.8. The molecule has 31 heavy (non-hydrogen) atoms. The molecule has 0 spiro atoms. The SMILES string of the molecule is CN=C(NCc1cccc(OC)c1OC1CCCC1)N1CCC(CN2CCOCC2)C1. The zero-order valence-electron chi connectivity index (χ0n) is 19.1. The number of hydrogen-bond acceptors (Lipinski definition) is 5. The maximum Gasteiger partial charge on any atom is 0.193 e. The quantitative estimate of drug-likeness (QED) is 0.530. The molecule has 0 radical (unpaired) electrons. The van der Waals surface area contributed by atoms with Crippen LogP contribution in [0.25, 0.3) is 0 Å². The molecule has 0 aromatic heterocycles. The van der Waals surface area contributed by atoms with Crippen molar-refractivity contribution >= 4 is 5.96 Å². The topological polar surface area (TPSA) is 58.6 Å². The van der Waals surface area contributed by atoms with E-state index in [1.807, 2.05) is 19.2 Å². The Bertz CT molecular complexity index is 730. The predicted molar refractivity (Wildman–Crippen MR) is 123 cm³/mol. The molecule has 1 N–H and O–H groups in total.